The SMILES string of the molecule is COc1cc2c(cc1OC)CN([C@H]1CCCN(c3ncnc4[nH]ccc34)C1)CC2. The molecule has 2 aliphatic rings. The van der Waals surface area contributed by atoms with Crippen molar-refractivity contribution in [2.24, 2.45) is 0 Å². The molecule has 4 heterocycles. The van der Waals surface area contributed by atoms with E-state index >= 15 is 0 Å². The number of aromatic nitrogens is 3. The zero-order valence-corrected chi connectivity index (χ0v) is 17.0. The Hall–Kier alpha value is -2.80. The van der Waals surface area contributed by atoms with Crippen molar-refractivity contribution in [1.82, 2.24) is 19.9 Å². The van der Waals surface area contributed by atoms with Crippen LogP contribution in [-0.4, -0.2) is 59.7 Å². The van der Waals surface area contributed by atoms with Crippen LogP contribution in [-0.2, 0) is 13.0 Å². The molecule has 0 amide bonds. The predicted molar refractivity (Wildman–Crippen MR) is 113 cm³/mol. The van der Waals surface area contributed by atoms with Gasteiger partial charge >= 0.3 is 0 Å². The van der Waals surface area contributed by atoms with Crippen LogP contribution in [0.15, 0.2) is 30.7 Å². The number of methoxy groups -OCH3 is 2. The van der Waals surface area contributed by atoms with Gasteiger partial charge in [-0.05, 0) is 48.6 Å². The summed E-state index contributed by atoms with van der Waals surface area (Å²) < 4.78 is 11.0. The van der Waals surface area contributed by atoms with E-state index in [0.717, 1.165) is 61.0 Å². The first-order chi connectivity index (χ1) is 14.3. The summed E-state index contributed by atoms with van der Waals surface area (Å²) in [5, 5.41) is 1.11. The lowest BCUT2D eigenvalue weighted by Crippen LogP contribution is -2.49. The smallest absolute Gasteiger partial charge is 0.161 e. The van der Waals surface area contributed by atoms with Crippen LogP contribution in [0.1, 0.15) is 24.0 Å². The van der Waals surface area contributed by atoms with E-state index in [9.17, 15) is 0 Å². The number of hydrogen-bond acceptors (Lipinski definition) is 6. The van der Waals surface area contributed by atoms with Crippen molar-refractivity contribution >= 4 is 16.9 Å². The highest BCUT2D eigenvalue weighted by Gasteiger charge is 2.30. The molecule has 1 fully saturated rings. The summed E-state index contributed by atoms with van der Waals surface area (Å²) in [5.74, 6) is 2.68. The number of nitrogens with zero attached hydrogens (tertiary/aromatic N) is 4. The molecule has 0 bridgehead atoms. The lowest BCUT2D eigenvalue weighted by molar-refractivity contribution is 0.159. The zero-order valence-electron chi connectivity index (χ0n) is 17.0. The van der Waals surface area contributed by atoms with Crippen LogP contribution in [0.4, 0.5) is 5.82 Å². The van der Waals surface area contributed by atoms with Crippen LogP contribution in [0.5, 0.6) is 11.5 Å². The summed E-state index contributed by atoms with van der Waals surface area (Å²) in [6, 6.07) is 6.89. The van der Waals surface area contributed by atoms with Gasteiger partial charge in [0.15, 0.2) is 11.5 Å². The maximum atomic E-state index is 5.52. The molecular formula is C22H27N5O2. The van der Waals surface area contributed by atoms with Crippen molar-refractivity contribution < 1.29 is 9.47 Å². The first-order valence-electron chi connectivity index (χ1n) is 10.3. The normalized spacial score (nSPS) is 19.9. The maximum absolute atomic E-state index is 5.52. The van der Waals surface area contributed by atoms with Gasteiger partial charge in [0, 0.05) is 38.4 Å². The minimum atomic E-state index is 0.522. The molecule has 29 heavy (non-hydrogen) atoms. The summed E-state index contributed by atoms with van der Waals surface area (Å²) in [6.45, 7) is 4.07. The summed E-state index contributed by atoms with van der Waals surface area (Å²) in [6.07, 6.45) is 7.04. The summed E-state index contributed by atoms with van der Waals surface area (Å²) in [5.41, 5.74) is 3.63. The fourth-order valence-corrected chi connectivity index (χ4v) is 4.77. The van der Waals surface area contributed by atoms with Gasteiger partial charge in [-0.2, -0.15) is 0 Å². The highest BCUT2D eigenvalue weighted by atomic mass is 16.5. The summed E-state index contributed by atoms with van der Waals surface area (Å²) in [7, 11) is 3.40. The second-order valence-electron chi connectivity index (χ2n) is 7.88. The summed E-state index contributed by atoms with van der Waals surface area (Å²) >= 11 is 0. The molecule has 0 unspecified atom stereocenters. The molecule has 0 radical (unpaired) electrons. The number of H-pyrrole nitrogens is 1. The van der Waals surface area contributed by atoms with E-state index < -0.39 is 0 Å². The van der Waals surface area contributed by atoms with Crippen molar-refractivity contribution in [2.45, 2.75) is 31.8 Å². The van der Waals surface area contributed by atoms with Crippen molar-refractivity contribution in [3.05, 3.63) is 41.9 Å². The van der Waals surface area contributed by atoms with E-state index in [-0.39, 0.29) is 0 Å². The Bertz CT molecular complexity index is 1020. The van der Waals surface area contributed by atoms with Gasteiger partial charge in [0.25, 0.3) is 0 Å². The maximum Gasteiger partial charge on any atom is 0.161 e. The second kappa shape index (κ2) is 7.55. The fourth-order valence-electron chi connectivity index (χ4n) is 4.77. The number of anilines is 1. The third-order valence-electron chi connectivity index (χ3n) is 6.29. The standard InChI is InChI=1S/C22H27N5O2/c1-28-19-10-15-6-9-26(12-16(15)11-20(19)29-2)17-4-3-8-27(13-17)22-18-5-7-23-21(18)24-14-25-22/h5,7,10-11,14,17H,3-4,6,8-9,12-13H2,1-2H3,(H,23,24,25)/t17-/m0/s1. The fraction of sp³-hybridized carbons (Fsp3) is 0.455. The lowest BCUT2D eigenvalue weighted by atomic mass is 9.95. The number of rotatable bonds is 4. The van der Waals surface area contributed by atoms with Crippen molar-refractivity contribution in [1.29, 1.82) is 0 Å². The monoisotopic (exact) mass is 393 g/mol. The molecule has 1 aromatic carbocycles. The molecule has 0 aliphatic carbocycles. The average molecular weight is 393 g/mol. The van der Waals surface area contributed by atoms with Gasteiger partial charge in [0.05, 0.1) is 19.6 Å². The molecule has 5 rings (SSSR count). The van der Waals surface area contributed by atoms with Gasteiger partial charge in [-0.1, -0.05) is 0 Å². The molecule has 2 aliphatic heterocycles. The average Bonchev–Trinajstić information content (AvgIpc) is 3.27. The van der Waals surface area contributed by atoms with Crippen molar-refractivity contribution in [2.75, 3.05) is 38.8 Å². The van der Waals surface area contributed by atoms with Crippen LogP contribution in [0.2, 0.25) is 0 Å². The van der Waals surface area contributed by atoms with E-state index in [2.05, 4.69) is 43.0 Å². The van der Waals surface area contributed by atoms with Crippen molar-refractivity contribution in [3.63, 3.8) is 0 Å². The Kier molecular flexibility index (Phi) is 4.75. The van der Waals surface area contributed by atoms with Crippen LogP contribution >= 0.6 is 0 Å². The van der Waals surface area contributed by atoms with Crippen LogP contribution in [0.25, 0.3) is 11.0 Å². The minimum absolute atomic E-state index is 0.522. The van der Waals surface area contributed by atoms with Gasteiger partial charge in [-0.25, -0.2) is 9.97 Å². The molecular weight excluding hydrogens is 366 g/mol. The van der Waals surface area contributed by atoms with Gasteiger partial charge in [-0.3, -0.25) is 4.90 Å². The largest absolute Gasteiger partial charge is 0.493 e. The third-order valence-corrected chi connectivity index (χ3v) is 6.29. The van der Waals surface area contributed by atoms with Gasteiger partial charge in [0.2, 0.25) is 0 Å². The zero-order chi connectivity index (χ0) is 19.8. The molecule has 1 atom stereocenters. The Morgan fingerprint density at radius 1 is 1.07 bits per heavy atom. The minimum Gasteiger partial charge on any atom is -0.493 e. The Morgan fingerprint density at radius 2 is 1.90 bits per heavy atom. The molecule has 7 heteroatoms. The topological polar surface area (TPSA) is 66.5 Å². The van der Waals surface area contributed by atoms with Crippen LogP contribution in [0, 0.1) is 0 Å². The lowest BCUT2D eigenvalue weighted by Gasteiger charge is -2.42. The van der Waals surface area contributed by atoms with E-state index in [1.807, 2.05) is 6.20 Å². The van der Waals surface area contributed by atoms with Gasteiger partial charge < -0.3 is 19.4 Å². The predicted octanol–water partition coefficient (Wildman–Crippen LogP) is 3.00. The van der Waals surface area contributed by atoms with E-state index in [1.165, 1.54) is 24.0 Å². The number of aromatic amines is 1. The number of piperidine rings is 1. The van der Waals surface area contributed by atoms with Crippen molar-refractivity contribution in [3.8, 4) is 11.5 Å². The molecule has 1 saturated heterocycles. The molecule has 1 N–H and O–H groups in total. The highest BCUT2D eigenvalue weighted by molar-refractivity contribution is 5.87. The number of nitrogens with one attached hydrogen (secondary N) is 1. The van der Waals surface area contributed by atoms with Crippen LogP contribution in [0.3, 0.4) is 0 Å². The first kappa shape index (κ1) is 18.2. The molecule has 0 saturated carbocycles. The number of ether oxygens (including phenoxy) is 2. The Balaban J connectivity index is 1.36. The molecule has 0 spiro atoms. The van der Waals surface area contributed by atoms with E-state index in [1.54, 1.807) is 20.5 Å². The number of hydrogen-bond donors (Lipinski definition) is 1. The van der Waals surface area contributed by atoms with E-state index in [0.29, 0.717) is 6.04 Å². The Labute approximate surface area is 170 Å². The van der Waals surface area contributed by atoms with E-state index in [4.69, 9.17) is 9.47 Å². The number of fused-ring (bicyclic) bond motifs is 2. The third kappa shape index (κ3) is 3.29. The van der Waals surface area contributed by atoms with Gasteiger partial charge in [0.1, 0.15) is 17.8 Å². The summed E-state index contributed by atoms with van der Waals surface area (Å²) in [4.78, 5) is 17.2. The molecule has 152 valence electrons. The van der Waals surface area contributed by atoms with Crippen LogP contribution < -0.4 is 14.4 Å². The highest BCUT2D eigenvalue weighted by Crippen LogP contribution is 2.35. The first-order valence-corrected chi connectivity index (χ1v) is 10.3. The molecule has 2 aromatic heterocycles. The molecule has 3 aromatic rings. The quantitative estimate of drug-likeness (QED) is 0.735. The molecule has 7 nitrogen and oxygen atoms in total. The second-order valence-corrected chi connectivity index (χ2v) is 7.88. The number of benzene rings is 1. The Morgan fingerprint density at radius 3 is 2.72 bits per heavy atom. The van der Waals surface area contributed by atoms with Gasteiger partial charge in [-0.15, -0.1) is 0 Å².